The predicted molar refractivity (Wildman–Crippen MR) is 38.1 cm³/mol. The Balaban J connectivity index is 3.03. The van der Waals surface area contributed by atoms with Gasteiger partial charge in [-0.25, -0.2) is 0 Å². The van der Waals surface area contributed by atoms with Gasteiger partial charge in [-0.15, -0.1) is 0 Å². The van der Waals surface area contributed by atoms with E-state index in [1.807, 2.05) is 0 Å². The van der Waals surface area contributed by atoms with E-state index in [1.54, 1.807) is 0 Å². The number of carboxylic acid groups (broad SMARTS) is 1. The Kier molecular flexibility index (Phi) is 4.83. The summed E-state index contributed by atoms with van der Waals surface area (Å²) in [6.07, 6.45) is -0.0421. The first-order valence-electron chi connectivity index (χ1n) is 3.00. The third kappa shape index (κ3) is 8.70. The highest BCUT2D eigenvalue weighted by atomic mass is 16.5. The Hall–Kier alpha value is -1.30. The number of rotatable bonds is 5. The van der Waals surface area contributed by atoms with Crippen molar-refractivity contribution >= 4 is 11.9 Å². The van der Waals surface area contributed by atoms with Crippen LogP contribution in [0.5, 0.6) is 0 Å². The molecule has 0 saturated carbocycles. The van der Waals surface area contributed by atoms with Crippen molar-refractivity contribution in [2.45, 2.75) is 6.42 Å². The number of hydrogen-bond acceptors (Lipinski definition) is 3. The van der Waals surface area contributed by atoms with Gasteiger partial charge < -0.3 is 20.9 Å². The van der Waals surface area contributed by atoms with Crippen LogP contribution in [0, 0.1) is 5.41 Å². The van der Waals surface area contributed by atoms with Crippen LogP contribution in [0.25, 0.3) is 0 Å². The summed E-state index contributed by atoms with van der Waals surface area (Å²) in [5, 5.41) is 17.2. The fourth-order valence-corrected chi connectivity index (χ4v) is 0.360. The van der Waals surface area contributed by atoms with Crippen LogP contribution in [-0.4, -0.2) is 30.4 Å². The maximum absolute atomic E-state index is 9.93. The Bertz CT molecular complexity index is 132. The third-order valence-electron chi connectivity index (χ3n) is 0.825. The number of ether oxygens (including phenoxy) is 1. The Morgan fingerprint density at radius 1 is 1.73 bits per heavy atom. The van der Waals surface area contributed by atoms with Crippen LogP contribution in [0.4, 0.5) is 0 Å². The molecule has 0 unspecified atom stereocenters. The lowest BCUT2D eigenvalue weighted by Gasteiger charge is -2.02. The summed E-state index contributed by atoms with van der Waals surface area (Å²) in [6, 6.07) is 0. The number of guanidine groups is 1. The van der Waals surface area contributed by atoms with Gasteiger partial charge in [-0.3, -0.25) is 10.2 Å². The van der Waals surface area contributed by atoms with E-state index >= 15 is 0 Å². The number of nitrogens with one attached hydrogen (secondary N) is 2. The molecule has 5 N–H and O–H groups in total. The molecule has 64 valence electrons. The summed E-state index contributed by atoms with van der Waals surface area (Å²) < 4.78 is 4.74. The van der Waals surface area contributed by atoms with E-state index in [0.29, 0.717) is 0 Å². The molecule has 0 saturated heterocycles. The van der Waals surface area contributed by atoms with Gasteiger partial charge in [0.15, 0.2) is 5.96 Å². The van der Waals surface area contributed by atoms with E-state index in [1.165, 1.54) is 0 Å². The second kappa shape index (κ2) is 5.48. The van der Waals surface area contributed by atoms with Gasteiger partial charge in [0.05, 0.1) is 13.0 Å². The zero-order chi connectivity index (χ0) is 8.69. The molecule has 0 aromatic heterocycles. The molecule has 0 amide bonds. The predicted octanol–water partition coefficient (Wildman–Crippen LogP) is -1.08. The molecular formula is C5H11N3O3. The molecule has 0 aliphatic carbocycles. The average molecular weight is 161 g/mol. The Morgan fingerprint density at radius 3 is 2.82 bits per heavy atom. The van der Waals surface area contributed by atoms with Gasteiger partial charge >= 0.3 is 5.97 Å². The number of carbonyl (C=O) groups is 1. The number of hydrogen-bond donors (Lipinski definition) is 4. The molecule has 0 spiro atoms. The molecule has 0 radical (unpaired) electrons. The highest BCUT2D eigenvalue weighted by Gasteiger charge is 1.95. The molecule has 0 aromatic carbocycles. The van der Waals surface area contributed by atoms with Crippen LogP contribution in [0.15, 0.2) is 0 Å². The molecule has 0 aliphatic heterocycles. The monoisotopic (exact) mass is 161 g/mol. The minimum atomic E-state index is -0.909. The third-order valence-corrected chi connectivity index (χ3v) is 0.825. The standard InChI is InChI=1S/C5H11N3O3/c6-5(7)8-3-11-2-1-4(9)10/h1-3H2,(H,9,10)(H4,6,7,8). The molecule has 0 fully saturated rings. The summed E-state index contributed by atoms with van der Waals surface area (Å²) in [6.45, 7) is 0.193. The van der Waals surface area contributed by atoms with E-state index in [-0.39, 0.29) is 25.7 Å². The maximum Gasteiger partial charge on any atom is 0.305 e. The van der Waals surface area contributed by atoms with Crippen molar-refractivity contribution in [2.24, 2.45) is 5.73 Å². The van der Waals surface area contributed by atoms with Crippen LogP contribution >= 0.6 is 0 Å². The Morgan fingerprint density at radius 2 is 2.36 bits per heavy atom. The van der Waals surface area contributed by atoms with Gasteiger partial charge in [-0.2, -0.15) is 0 Å². The second-order valence-electron chi connectivity index (χ2n) is 1.79. The molecular weight excluding hydrogens is 150 g/mol. The molecule has 0 atom stereocenters. The smallest absolute Gasteiger partial charge is 0.305 e. The highest BCUT2D eigenvalue weighted by molar-refractivity contribution is 5.73. The van der Waals surface area contributed by atoms with Gasteiger partial charge in [0.25, 0.3) is 0 Å². The fourth-order valence-electron chi connectivity index (χ4n) is 0.360. The molecule has 6 nitrogen and oxygen atoms in total. The largest absolute Gasteiger partial charge is 0.481 e. The van der Waals surface area contributed by atoms with E-state index in [4.69, 9.17) is 21.0 Å². The summed E-state index contributed by atoms with van der Waals surface area (Å²) in [7, 11) is 0. The van der Waals surface area contributed by atoms with Crippen molar-refractivity contribution in [3.8, 4) is 0 Å². The average Bonchev–Trinajstić information content (AvgIpc) is 1.85. The quantitative estimate of drug-likeness (QED) is 0.177. The zero-order valence-corrected chi connectivity index (χ0v) is 5.96. The van der Waals surface area contributed by atoms with E-state index < -0.39 is 5.97 Å². The molecule has 0 aromatic rings. The number of aliphatic carboxylic acids is 1. The number of nitrogens with two attached hydrogens (primary N) is 1. The highest BCUT2D eigenvalue weighted by Crippen LogP contribution is 1.79. The van der Waals surface area contributed by atoms with Crippen LogP contribution < -0.4 is 11.1 Å². The second-order valence-corrected chi connectivity index (χ2v) is 1.79. The fraction of sp³-hybridized carbons (Fsp3) is 0.600. The molecule has 0 heterocycles. The Labute approximate surface area is 63.8 Å². The first kappa shape index (κ1) is 9.70. The van der Waals surface area contributed by atoms with Crippen LogP contribution in [0.3, 0.4) is 0 Å². The summed E-state index contributed by atoms with van der Waals surface area (Å²) in [5.74, 6) is -1.10. The minimum Gasteiger partial charge on any atom is -0.481 e. The number of carboxylic acids is 1. The molecule has 0 bridgehead atoms. The summed E-state index contributed by atoms with van der Waals surface area (Å²) in [4.78, 5) is 9.93. The molecule has 6 heteroatoms. The van der Waals surface area contributed by atoms with Crippen LogP contribution in [0.1, 0.15) is 6.42 Å². The van der Waals surface area contributed by atoms with Gasteiger partial charge in [0, 0.05) is 0 Å². The lowest BCUT2D eigenvalue weighted by Crippen LogP contribution is -2.32. The van der Waals surface area contributed by atoms with Crippen molar-refractivity contribution in [3.05, 3.63) is 0 Å². The van der Waals surface area contributed by atoms with Crippen molar-refractivity contribution < 1.29 is 14.6 Å². The van der Waals surface area contributed by atoms with E-state index in [0.717, 1.165) is 0 Å². The van der Waals surface area contributed by atoms with Crippen LogP contribution in [-0.2, 0) is 9.53 Å². The molecule has 0 aliphatic rings. The molecule has 0 rings (SSSR count). The summed E-state index contributed by atoms with van der Waals surface area (Å²) in [5.41, 5.74) is 4.91. The van der Waals surface area contributed by atoms with E-state index in [9.17, 15) is 4.79 Å². The van der Waals surface area contributed by atoms with Gasteiger partial charge in [-0.1, -0.05) is 0 Å². The van der Waals surface area contributed by atoms with Crippen LogP contribution in [0.2, 0.25) is 0 Å². The minimum absolute atomic E-state index is 0.0421. The van der Waals surface area contributed by atoms with Gasteiger partial charge in [0.2, 0.25) is 0 Å². The topological polar surface area (TPSA) is 108 Å². The first-order valence-corrected chi connectivity index (χ1v) is 3.00. The summed E-state index contributed by atoms with van der Waals surface area (Å²) >= 11 is 0. The van der Waals surface area contributed by atoms with Crippen molar-refractivity contribution in [1.29, 1.82) is 5.41 Å². The zero-order valence-electron chi connectivity index (χ0n) is 5.96. The molecule has 11 heavy (non-hydrogen) atoms. The van der Waals surface area contributed by atoms with Gasteiger partial charge in [0.1, 0.15) is 6.73 Å². The SMILES string of the molecule is N=C(N)NCOCCC(=O)O. The lowest BCUT2D eigenvalue weighted by molar-refractivity contribution is -0.138. The maximum atomic E-state index is 9.93. The van der Waals surface area contributed by atoms with Gasteiger partial charge in [-0.05, 0) is 0 Å². The normalized spacial score (nSPS) is 9.09. The lowest BCUT2D eigenvalue weighted by atomic mass is 10.5. The van der Waals surface area contributed by atoms with Crippen molar-refractivity contribution in [1.82, 2.24) is 5.32 Å². The van der Waals surface area contributed by atoms with E-state index in [2.05, 4.69) is 5.32 Å². The van der Waals surface area contributed by atoms with Crippen molar-refractivity contribution in [3.63, 3.8) is 0 Å². The van der Waals surface area contributed by atoms with Crippen molar-refractivity contribution in [2.75, 3.05) is 13.3 Å². The first-order chi connectivity index (χ1) is 5.13.